The predicted octanol–water partition coefficient (Wildman–Crippen LogP) is 1.38. The Morgan fingerprint density at radius 2 is 1.93 bits per heavy atom. The van der Waals surface area contributed by atoms with E-state index in [-0.39, 0.29) is 31.0 Å². The number of amides is 2. The van der Waals surface area contributed by atoms with Crippen molar-refractivity contribution in [2.75, 3.05) is 33.4 Å². The number of halogens is 3. The molecule has 1 N–H and O–H groups in total. The summed E-state index contributed by atoms with van der Waals surface area (Å²) < 4.78 is 43.7. The fourth-order valence-electron chi connectivity index (χ4n) is 2.35. The Hall–Kier alpha value is -2.69. The summed E-state index contributed by atoms with van der Waals surface area (Å²) in [6.45, 7) is 0.465. The smallest absolute Gasteiger partial charge is 0.462 e. The van der Waals surface area contributed by atoms with Crippen LogP contribution in [0.1, 0.15) is 35.8 Å². The molecule has 0 saturated carbocycles. The highest BCUT2D eigenvalue weighted by Crippen LogP contribution is 2.20. The number of aliphatic hydroxyl groups is 1. The van der Waals surface area contributed by atoms with E-state index in [0.717, 1.165) is 0 Å². The summed E-state index contributed by atoms with van der Waals surface area (Å²) in [7, 11) is 1.40. The van der Waals surface area contributed by atoms with Crippen LogP contribution < -0.4 is 0 Å². The van der Waals surface area contributed by atoms with Gasteiger partial charge in [0.2, 0.25) is 5.91 Å². The molecule has 0 aliphatic heterocycles. The molecule has 162 valence electrons. The zero-order chi connectivity index (χ0) is 22.0. The molecule has 1 aromatic heterocycles. The molecule has 0 saturated heterocycles. The second-order valence-corrected chi connectivity index (χ2v) is 6.16. The average Bonchev–Trinajstić information content (AvgIpc) is 2.66. The Labute approximate surface area is 166 Å². The normalized spacial score (nSPS) is 11.1. The zero-order valence-electron chi connectivity index (χ0n) is 16.2. The third kappa shape index (κ3) is 8.06. The number of carbonyl (C=O) groups is 3. The van der Waals surface area contributed by atoms with Gasteiger partial charge in [-0.3, -0.25) is 14.6 Å². The van der Waals surface area contributed by atoms with Gasteiger partial charge in [-0.25, -0.2) is 4.79 Å². The average molecular weight is 419 g/mol. The van der Waals surface area contributed by atoms with E-state index in [2.05, 4.69) is 4.98 Å². The first-order valence-electron chi connectivity index (χ1n) is 8.93. The van der Waals surface area contributed by atoms with E-state index in [1.54, 1.807) is 6.92 Å². The van der Waals surface area contributed by atoms with E-state index in [9.17, 15) is 27.6 Å². The van der Waals surface area contributed by atoms with Crippen molar-refractivity contribution in [1.29, 1.82) is 0 Å². The Kier molecular flexibility index (Phi) is 9.53. The number of pyridine rings is 1. The quantitative estimate of drug-likeness (QED) is 0.454. The summed E-state index contributed by atoms with van der Waals surface area (Å²) in [5, 5.41) is 8.76. The number of aromatic nitrogens is 1. The lowest BCUT2D eigenvalue weighted by Crippen LogP contribution is -2.46. The number of unbranched alkanes of at least 4 members (excludes halogenated alkanes) is 1. The topological polar surface area (TPSA) is 100 Å². The summed E-state index contributed by atoms with van der Waals surface area (Å²) >= 11 is 0. The van der Waals surface area contributed by atoms with E-state index in [1.165, 1.54) is 30.3 Å². The van der Waals surface area contributed by atoms with E-state index in [4.69, 9.17) is 9.84 Å². The van der Waals surface area contributed by atoms with Gasteiger partial charge >= 0.3 is 18.1 Å². The Morgan fingerprint density at radius 1 is 1.24 bits per heavy atom. The summed E-state index contributed by atoms with van der Waals surface area (Å²) in [6.07, 6.45) is -3.06. The van der Waals surface area contributed by atoms with Crippen molar-refractivity contribution < 1.29 is 37.4 Å². The molecule has 0 radical (unpaired) electrons. The first-order chi connectivity index (χ1) is 13.6. The Bertz CT molecular complexity index is 712. The van der Waals surface area contributed by atoms with Gasteiger partial charge in [0.15, 0.2) is 0 Å². The molecule has 0 aliphatic rings. The number of carbonyl (C=O) groups excluding carboxylic acids is 3. The molecule has 0 atom stereocenters. The molecule has 2 amide bonds. The number of rotatable bonds is 10. The molecule has 8 nitrogen and oxygen atoms in total. The third-order valence-corrected chi connectivity index (χ3v) is 3.86. The molecule has 1 heterocycles. The van der Waals surface area contributed by atoms with Crippen molar-refractivity contribution in [3.63, 3.8) is 0 Å². The first-order valence-corrected chi connectivity index (χ1v) is 8.93. The minimum atomic E-state index is -5.17. The van der Waals surface area contributed by atoms with Gasteiger partial charge in [0.1, 0.15) is 6.54 Å². The molecule has 0 unspecified atom stereocenters. The van der Waals surface area contributed by atoms with Crippen molar-refractivity contribution >= 4 is 17.8 Å². The highest BCUT2D eigenvalue weighted by molar-refractivity contribution is 5.89. The first kappa shape index (κ1) is 24.3. The van der Waals surface area contributed by atoms with Crippen molar-refractivity contribution in [2.24, 2.45) is 0 Å². The van der Waals surface area contributed by atoms with Crippen LogP contribution in [0, 0.1) is 0 Å². The second kappa shape index (κ2) is 11.3. The molecule has 0 fully saturated rings. The number of hydrogen-bond donors (Lipinski definition) is 1. The summed E-state index contributed by atoms with van der Waals surface area (Å²) in [5.74, 6) is -3.55. The molecule has 0 spiro atoms. The molecular formula is C18H24F3N3O5. The molecule has 0 bridgehead atoms. The number of alkyl halides is 3. The number of aliphatic hydroxyl groups excluding tert-OH is 1. The molecular weight excluding hydrogens is 395 g/mol. The predicted molar refractivity (Wildman–Crippen MR) is 95.6 cm³/mol. The van der Waals surface area contributed by atoms with Gasteiger partial charge in [0, 0.05) is 26.4 Å². The van der Waals surface area contributed by atoms with E-state index < -0.39 is 37.0 Å². The summed E-state index contributed by atoms with van der Waals surface area (Å²) in [5.41, 5.74) is 0.0765. The summed E-state index contributed by atoms with van der Waals surface area (Å²) in [6, 6.07) is 2.54. The number of esters is 1. The van der Waals surface area contributed by atoms with Gasteiger partial charge < -0.3 is 19.6 Å². The third-order valence-electron chi connectivity index (χ3n) is 3.86. The maximum atomic E-state index is 13.0. The van der Waals surface area contributed by atoms with Crippen molar-refractivity contribution in [2.45, 2.75) is 32.5 Å². The Balaban J connectivity index is 2.97. The van der Waals surface area contributed by atoms with Gasteiger partial charge in [-0.05, 0) is 31.9 Å². The van der Waals surface area contributed by atoms with Crippen molar-refractivity contribution in [3.05, 3.63) is 29.6 Å². The lowest BCUT2D eigenvalue weighted by Gasteiger charge is -2.26. The number of hydrogen-bond acceptors (Lipinski definition) is 6. The maximum absolute atomic E-state index is 13.0. The SMILES string of the molecule is CCOC(=O)c1ccnc(CN(CC(=O)N(C)CCCCO)C(=O)C(F)(F)F)c1. The van der Waals surface area contributed by atoms with Crippen LogP contribution >= 0.6 is 0 Å². The zero-order valence-corrected chi connectivity index (χ0v) is 16.2. The van der Waals surface area contributed by atoms with Crippen LogP contribution in [0.15, 0.2) is 18.3 Å². The molecule has 29 heavy (non-hydrogen) atoms. The lowest BCUT2D eigenvalue weighted by atomic mass is 10.2. The largest absolute Gasteiger partial charge is 0.471 e. The minimum Gasteiger partial charge on any atom is -0.462 e. The van der Waals surface area contributed by atoms with Crippen LogP contribution in [0.3, 0.4) is 0 Å². The fourth-order valence-corrected chi connectivity index (χ4v) is 2.35. The highest BCUT2D eigenvalue weighted by Gasteiger charge is 2.43. The summed E-state index contributed by atoms with van der Waals surface area (Å²) in [4.78, 5) is 41.2. The van der Waals surface area contributed by atoms with Gasteiger partial charge in [-0.1, -0.05) is 0 Å². The number of nitrogens with zero attached hydrogens (tertiary/aromatic N) is 3. The van der Waals surface area contributed by atoms with Gasteiger partial charge in [0.25, 0.3) is 0 Å². The van der Waals surface area contributed by atoms with Crippen LogP contribution in [0.2, 0.25) is 0 Å². The second-order valence-electron chi connectivity index (χ2n) is 6.16. The van der Waals surface area contributed by atoms with Crippen LogP contribution in [-0.4, -0.2) is 77.2 Å². The molecule has 0 aromatic carbocycles. The molecule has 0 aliphatic carbocycles. The van der Waals surface area contributed by atoms with Crippen LogP contribution in [0.4, 0.5) is 13.2 Å². The van der Waals surface area contributed by atoms with Crippen LogP contribution in [0.25, 0.3) is 0 Å². The van der Waals surface area contributed by atoms with Crippen LogP contribution in [0.5, 0.6) is 0 Å². The standard InChI is InChI=1S/C18H24F3N3O5/c1-3-29-16(27)13-6-7-22-14(10-13)11-24(17(28)18(19,20)21)12-15(26)23(2)8-4-5-9-25/h6-7,10,25H,3-5,8-9,11-12H2,1-2H3. The molecule has 1 aromatic rings. The van der Waals surface area contributed by atoms with Gasteiger partial charge in [0.05, 0.1) is 24.4 Å². The monoisotopic (exact) mass is 419 g/mol. The van der Waals surface area contributed by atoms with E-state index in [1.807, 2.05) is 0 Å². The molecule has 1 rings (SSSR count). The van der Waals surface area contributed by atoms with Gasteiger partial charge in [-0.15, -0.1) is 0 Å². The number of ether oxygens (including phenoxy) is 1. The van der Waals surface area contributed by atoms with Crippen molar-refractivity contribution in [3.8, 4) is 0 Å². The number of likely N-dealkylation sites (N-methyl/N-ethyl adjacent to an activating group) is 1. The van der Waals surface area contributed by atoms with E-state index in [0.29, 0.717) is 17.7 Å². The van der Waals surface area contributed by atoms with Gasteiger partial charge in [-0.2, -0.15) is 13.2 Å². The molecule has 11 heteroatoms. The highest BCUT2D eigenvalue weighted by atomic mass is 19.4. The Morgan fingerprint density at radius 3 is 2.52 bits per heavy atom. The lowest BCUT2D eigenvalue weighted by molar-refractivity contribution is -0.187. The minimum absolute atomic E-state index is 0.00360. The van der Waals surface area contributed by atoms with Crippen LogP contribution in [-0.2, 0) is 20.9 Å². The van der Waals surface area contributed by atoms with E-state index >= 15 is 0 Å². The fraction of sp³-hybridized carbons (Fsp3) is 0.556. The van der Waals surface area contributed by atoms with Crippen molar-refractivity contribution in [1.82, 2.24) is 14.8 Å². The maximum Gasteiger partial charge on any atom is 0.471 e.